The van der Waals surface area contributed by atoms with Crippen LogP contribution in [0.2, 0.25) is 0 Å². The van der Waals surface area contributed by atoms with Gasteiger partial charge >= 0.3 is 0 Å². The van der Waals surface area contributed by atoms with Gasteiger partial charge in [0.1, 0.15) is 5.82 Å². The number of rotatable bonds is 6. The summed E-state index contributed by atoms with van der Waals surface area (Å²) in [6.45, 7) is 2.47. The van der Waals surface area contributed by atoms with Gasteiger partial charge in [0, 0.05) is 18.2 Å². The average molecular weight is 301 g/mol. The summed E-state index contributed by atoms with van der Waals surface area (Å²) in [7, 11) is 0. The second-order valence-electron chi connectivity index (χ2n) is 5.29. The molecule has 2 rings (SSSR count). The number of anilines is 1. The monoisotopic (exact) mass is 301 g/mol. The van der Waals surface area contributed by atoms with Crippen molar-refractivity contribution in [1.29, 1.82) is 0 Å². The third-order valence-electron chi connectivity index (χ3n) is 3.50. The Morgan fingerprint density at radius 2 is 1.68 bits per heavy atom. The maximum atomic E-state index is 12.8. The Kier molecular flexibility index (Phi) is 5.49. The van der Waals surface area contributed by atoms with Gasteiger partial charge in [0.05, 0.1) is 0 Å². The first kappa shape index (κ1) is 16.0. The molecule has 0 saturated heterocycles. The van der Waals surface area contributed by atoms with Gasteiger partial charge in [0.15, 0.2) is 0 Å². The minimum Gasteiger partial charge on any atom is -0.381 e. The van der Waals surface area contributed by atoms with E-state index in [9.17, 15) is 9.18 Å². The molecule has 22 heavy (non-hydrogen) atoms. The third kappa shape index (κ3) is 4.56. The van der Waals surface area contributed by atoms with E-state index in [0.29, 0.717) is 13.0 Å². The lowest BCUT2D eigenvalue weighted by Crippen LogP contribution is -2.35. The molecule has 0 spiro atoms. The second-order valence-corrected chi connectivity index (χ2v) is 5.29. The first-order valence-corrected chi connectivity index (χ1v) is 7.16. The normalized spacial score (nSPS) is 11.8. The van der Waals surface area contributed by atoms with Crippen LogP contribution in [0.3, 0.4) is 0 Å². The number of halogens is 1. The van der Waals surface area contributed by atoms with Crippen LogP contribution >= 0.6 is 0 Å². The van der Waals surface area contributed by atoms with E-state index < -0.39 is 0 Å². The van der Waals surface area contributed by atoms with Gasteiger partial charge in [-0.3, -0.25) is 10.2 Å². The molecule has 116 valence electrons. The zero-order chi connectivity index (χ0) is 15.9. The predicted molar refractivity (Wildman–Crippen MR) is 85.4 cm³/mol. The number of hydrazine groups is 1. The van der Waals surface area contributed by atoms with Crippen molar-refractivity contribution in [3.05, 3.63) is 65.5 Å². The van der Waals surface area contributed by atoms with Gasteiger partial charge in [-0.15, -0.1) is 0 Å². The van der Waals surface area contributed by atoms with Crippen LogP contribution in [0.25, 0.3) is 0 Å². The van der Waals surface area contributed by atoms with E-state index in [4.69, 9.17) is 5.84 Å². The molecule has 2 aromatic carbocycles. The van der Waals surface area contributed by atoms with Crippen LogP contribution in [0.1, 0.15) is 18.1 Å². The first-order valence-electron chi connectivity index (χ1n) is 7.16. The summed E-state index contributed by atoms with van der Waals surface area (Å²) in [6.07, 6.45) is 0.640. The Labute approximate surface area is 129 Å². The number of nitrogens with one attached hydrogen (secondary N) is 2. The summed E-state index contributed by atoms with van der Waals surface area (Å²) in [6, 6.07) is 14.3. The number of hydrogen-bond acceptors (Lipinski definition) is 3. The summed E-state index contributed by atoms with van der Waals surface area (Å²) >= 11 is 0. The second kappa shape index (κ2) is 7.56. The Hall–Kier alpha value is -2.40. The zero-order valence-electron chi connectivity index (χ0n) is 12.5. The minimum atomic E-state index is -0.233. The smallest absolute Gasteiger partial charge is 0.237 e. The standard InChI is InChI=1S/C17H20FN3O/c1-12(17(22)21-19)10-13-4-8-16(9-5-13)20-11-14-2-6-15(18)7-3-14/h2-9,12,20H,10-11,19H2,1H3,(H,21,22). The Morgan fingerprint density at radius 1 is 1.09 bits per heavy atom. The maximum absolute atomic E-state index is 12.8. The molecule has 0 aliphatic heterocycles. The molecule has 0 bridgehead atoms. The Bertz CT molecular complexity index is 611. The van der Waals surface area contributed by atoms with Crippen molar-refractivity contribution in [2.24, 2.45) is 11.8 Å². The summed E-state index contributed by atoms with van der Waals surface area (Å²) in [5.74, 6) is 4.56. The third-order valence-corrected chi connectivity index (χ3v) is 3.50. The van der Waals surface area contributed by atoms with Crippen molar-refractivity contribution in [2.75, 3.05) is 5.32 Å². The van der Waals surface area contributed by atoms with E-state index in [1.54, 1.807) is 12.1 Å². The van der Waals surface area contributed by atoms with E-state index in [1.165, 1.54) is 12.1 Å². The van der Waals surface area contributed by atoms with Gasteiger partial charge in [0.2, 0.25) is 5.91 Å². The molecule has 0 aliphatic carbocycles. The molecule has 1 atom stereocenters. The van der Waals surface area contributed by atoms with Crippen molar-refractivity contribution in [3.8, 4) is 0 Å². The number of carbonyl (C=O) groups is 1. The summed E-state index contributed by atoms with van der Waals surface area (Å²) in [4.78, 5) is 11.4. The Morgan fingerprint density at radius 3 is 2.27 bits per heavy atom. The molecule has 2 aromatic rings. The number of nitrogens with two attached hydrogens (primary N) is 1. The number of carbonyl (C=O) groups excluding carboxylic acids is 1. The van der Waals surface area contributed by atoms with Gasteiger partial charge in [-0.05, 0) is 41.8 Å². The quantitative estimate of drug-likeness (QED) is 0.436. The van der Waals surface area contributed by atoms with E-state index in [2.05, 4.69) is 10.7 Å². The molecule has 0 radical (unpaired) electrons. The van der Waals surface area contributed by atoms with Gasteiger partial charge in [-0.2, -0.15) is 0 Å². The molecular formula is C17H20FN3O. The molecule has 0 heterocycles. The van der Waals surface area contributed by atoms with Crippen LogP contribution in [-0.4, -0.2) is 5.91 Å². The SMILES string of the molecule is CC(Cc1ccc(NCc2ccc(F)cc2)cc1)C(=O)NN. The summed E-state index contributed by atoms with van der Waals surface area (Å²) < 4.78 is 12.8. The molecule has 4 nitrogen and oxygen atoms in total. The molecule has 1 amide bonds. The minimum absolute atomic E-state index is 0.164. The fraction of sp³-hybridized carbons (Fsp3) is 0.235. The van der Waals surface area contributed by atoms with Gasteiger partial charge in [-0.1, -0.05) is 31.2 Å². The Balaban J connectivity index is 1.89. The fourth-order valence-corrected chi connectivity index (χ4v) is 2.15. The van der Waals surface area contributed by atoms with Gasteiger partial charge < -0.3 is 5.32 Å². The number of amides is 1. The summed E-state index contributed by atoms with van der Waals surface area (Å²) in [5, 5.41) is 3.27. The highest BCUT2D eigenvalue weighted by Gasteiger charge is 2.11. The number of benzene rings is 2. The maximum Gasteiger partial charge on any atom is 0.237 e. The number of hydrogen-bond donors (Lipinski definition) is 3. The van der Waals surface area contributed by atoms with Crippen LogP contribution in [0.5, 0.6) is 0 Å². The first-order chi connectivity index (χ1) is 10.6. The topological polar surface area (TPSA) is 67.2 Å². The van der Waals surface area contributed by atoms with Gasteiger partial charge in [0.25, 0.3) is 0 Å². The zero-order valence-corrected chi connectivity index (χ0v) is 12.5. The highest BCUT2D eigenvalue weighted by atomic mass is 19.1. The molecule has 0 saturated carbocycles. The lowest BCUT2D eigenvalue weighted by atomic mass is 10.0. The highest BCUT2D eigenvalue weighted by molar-refractivity contribution is 5.77. The van der Waals surface area contributed by atoms with E-state index in [-0.39, 0.29) is 17.6 Å². The van der Waals surface area contributed by atoms with Crippen LogP contribution in [0.4, 0.5) is 10.1 Å². The fourth-order valence-electron chi connectivity index (χ4n) is 2.15. The van der Waals surface area contributed by atoms with E-state index in [1.807, 2.05) is 31.2 Å². The highest BCUT2D eigenvalue weighted by Crippen LogP contribution is 2.14. The average Bonchev–Trinajstić information content (AvgIpc) is 2.55. The molecule has 4 N–H and O–H groups in total. The largest absolute Gasteiger partial charge is 0.381 e. The van der Waals surface area contributed by atoms with E-state index in [0.717, 1.165) is 16.8 Å². The van der Waals surface area contributed by atoms with Crippen LogP contribution in [0.15, 0.2) is 48.5 Å². The summed E-state index contributed by atoms with van der Waals surface area (Å²) in [5.41, 5.74) is 5.22. The van der Waals surface area contributed by atoms with Crippen LogP contribution in [0, 0.1) is 11.7 Å². The molecule has 1 unspecified atom stereocenters. The van der Waals surface area contributed by atoms with Gasteiger partial charge in [-0.25, -0.2) is 10.2 Å². The molecule has 5 heteroatoms. The lowest BCUT2D eigenvalue weighted by Gasteiger charge is -2.11. The van der Waals surface area contributed by atoms with Crippen molar-refractivity contribution in [3.63, 3.8) is 0 Å². The van der Waals surface area contributed by atoms with Crippen LogP contribution in [-0.2, 0) is 17.8 Å². The van der Waals surface area contributed by atoms with Crippen molar-refractivity contribution < 1.29 is 9.18 Å². The lowest BCUT2D eigenvalue weighted by molar-refractivity contribution is -0.124. The van der Waals surface area contributed by atoms with Crippen molar-refractivity contribution in [2.45, 2.75) is 19.9 Å². The van der Waals surface area contributed by atoms with Crippen LogP contribution < -0.4 is 16.6 Å². The van der Waals surface area contributed by atoms with E-state index >= 15 is 0 Å². The predicted octanol–water partition coefficient (Wildman–Crippen LogP) is 2.61. The molecule has 0 fully saturated rings. The molecule has 0 aromatic heterocycles. The van der Waals surface area contributed by atoms with Crippen molar-refractivity contribution >= 4 is 11.6 Å². The molecule has 0 aliphatic rings. The molecular weight excluding hydrogens is 281 g/mol. The van der Waals surface area contributed by atoms with Crippen molar-refractivity contribution in [1.82, 2.24) is 5.43 Å².